The maximum atomic E-state index is 12.0. The third-order valence-corrected chi connectivity index (χ3v) is 4.57. The lowest BCUT2D eigenvalue weighted by Crippen LogP contribution is -2.50. The van der Waals surface area contributed by atoms with E-state index in [-0.39, 0.29) is 5.57 Å². The topological polar surface area (TPSA) is 60.4 Å². The Balaban J connectivity index is 3.12. The Morgan fingerprint density at radius 2 is 1.90 bits per heavy atom. The van der Waals surface area contributed by atoms with Gasteiger partial charge in [0.05, 0.1) is 11.3 Å². The van der Waals surface area contributed by atoms with Crippen molar-refractivity contribution in [3.63, 3.8) is 0 Å². The van der Waals surface area contributed by atoms with Crippen molar-refractivity contribution in [2.45, 2.75) is 45.6 Å². The molecule has 4 nitrogen and oxygen atoms in total. The maximum absolute atomic E-state index is 12.0. The maximum Gasteiger partial charge on any atom is 0.333 e. The smallest absolute Gasteiger partial charge is 0.333 e. The highest BCUT2D eigenvalue weighted by atomic mass is 35.5. The summed E-state index contributed by atoms with van der Waals surface area (Å²) in [7, 11) is 0. The largest absolute Gasteiger partial charge is 0.458 e. The summed E-state index contributed by atoms with van der Waals surface area (Å²) in [6.07, 6.45) is 1.54. The van der Waals surface area contributed by atoms with Gasteiger partial charge in [-0.15, -0.1) is 0 Å². The molecule has 3 unspecified atom stereocenters. The van der Waals surface area contributed by atoms with Crippen LogP contribution in [-0.2, 0) is 19.1 Å². The minimum atomic E-state index is -1.25. The first-order chi connectivity index (χ1) is 9.23. The number of halogens is 2. The molecule has 1 aliphatic rings. The molecule has 20 heavy (non-hydrogen) atoms. The Hall–Kier alpha value is -0.870. The predicted molar refractivity (Wildman–Crippen MR) is 76.5 cm³/mol. The van der Waals surface area contributed by atoms with Gasteiger partial charge in [-0.1, -0.05) is 19.4 Å². The van der Waals surface area contributed by atoms with Crippen LogP contribution >= 0.6 is 23.2 Å². The SMILES string of the molecule is C=C(C)C(=O)OC(C)C1(C(=O)Cl)CCCCC1C(=O)Cl. The Morgan fingerprint density at radius 3 is 2.35 bits per heavy atom. The monoisotopic (exact) mass is 320 g/mol. The second kappa shape index (κ2) is 6.72. The van der Waals surface area contributed by atoms with Gasteiger partial charge in [0.25, 0.3) is 0 Å². The summed E-state index contributed by atoms with van der Waals surface area (Å²) in [5, 5.41) is -1.30. The highest BCUT2D eigenvalue weighted by Gasteiger charge is 2.54. The van der Waals surface area contributed by atoms with E-state index in [9.17, 15) is 14.4 Å². The van der Waals surface area contributed by atoms with Gasteiger partial charge >= 0.3 is 5.97 Å². The van der Waals surface area contributed by atoms with Crippen molar-refractivity contribution in [3.05, 3.63) is 12.2 Å². The van der Waals surface area contributed by atoms with Crippen LogP contribution < -0.4 is 0 Å². The highest BCUT2D eigenvalue weighted by molar-refractivity contribution is 6.67. The van der Waals surface area contributed by atoms with Crippen molar-refractivity contribution in [2.24, 2.45) is 11.3 Å². The summed E-state index contributed by atoms with van der Waals surface area (Å²) in [5.74, 6) is -1.34. The van der Waals surface area contributed by atoms with Crippen LogP contribution in [-0.4, -0.2) is 22.6 Å². The van der Waals surface area contributed by atoms with Gasteiger partial charge in [-0.2, -0.15) is 0 Å². The number of ether oxygens (including phenoxy) is 1. The molecule has 0 aromatic rings. The van der Waals surface area contributed by atoms with Gasteiger partial charge in [0.1, 0.15) is 6.10 Å². The van der Waals surface area contributed by atoms with Crippen molar-refractivity contribution in [1.29, 1.82) is 0 Å². The fourth-order valence-electron chi connectivity index (χ4n) is 2.76. The van der Waals surface area contributed by atoms with Gasteiger partial charge < -0.3 is 4.74 Å². The zero-order chi connectivity index (χ0) is 15.5. The molecule has 3 atom stereocenters. The first kappa shape index (κ1) is 17.2. The number of esters is 1. The van der Waals surface area contributed by atoms with Gasteiger partial charge in [0.2, 0.25) is 10.5 Å². The molecule has 1 saturated carbocycles. The van der Waals surface area contributed by atoms with Gasteiger partial charge in [-0.05, 0) is 49.9 Å². The Bertz CT molecular complexity index is 446. The molecule has 0 N–H and O–H groups in total. The normalized spacial score (nSPS) is 27.5. The molecule has 0 aliphatic heterocycles. The van der Waals surface area contributed by atoms with Crippen LogP contribution in [0.1, 0.15) is 39.5 Å². The van der Waals surface area contributed by atoms with Gasteiger partial charge in [-0.25, -0.2) is 4.79 Å². The van der Waals surface area contributed by atoms with E-state index in [1.54, 1.807) is 6.92 Å². The first-order valence-corrected chi connectivity index (χ1v) is 7.24. The predicted octanol–water partition coefficient (Wildman–Crippen LogP) is 3.20. The fraction of sp³-hybridized carbons (Fsp3) is 0.643. The molecule has 0 bridgehead atoms. The minimum Gasteiger partial charge on any atom is -0.458 e. The molecule has 0 radical (unpaired) electrons. The van der Waals surface area contributed by atoms with E-state index < -0.39 is 33.9 Å². The van der Waals surface area contributed by atoms with Crippen molar-refractivity contribution in [1.82, 2.24) is 0 Å². The third kappa shape index (κ3) is 3.23. The van der Waals surface area contributed by atoms with Crippen LogP contribution in [0.25, 0.3) is 0 Å². The summed E-state index contributed by atoms with van der Waals surface area (Å²) in [6.45, 7) is 6.57. The van der Waals surface area contributed by atoms with Gasteiger partial charge in [0.15, 0.2) is 0 Å². The van der Waals surface area contributed by atoms with Crippen LogP contribution in [0.5, 0.6) is 0 Å². The summed E-state index contributed by atoms with van der Waals surface area (Å²) in [4.78, 5) is 35.3. The molecule has 0 amide bonds. The van der Waals surface area contributed by atoms with E-state index >= 15 is 0 Å². The molecule has 1 rings (SSSR count). The minimum absolute atomic E-state index is 0.221. The van der Waals surface area contributed by atoms with Crippen molar-refractivity contribution < 1.29 is 19.1 Å². The van der Waals surface area contributed by atoms with E-state index in [1.165, 1.54) is 6.92 Å². The van der Waals surface area contributed by atoms with Crippen molar-refractivity contribution in [2.75, 3.05) is 0 Å². The second-order valence-electron chi connectivity index (χ2n) is 5.24. The van der Waals surface area contributed by atoms with Gasteiger partial charge in [0, 0.05) is 5.57 Å². The van der Waals surface area contributed by atoms with Crippen LogP contribution in [0.2, 0.25) is 0 Å². The zero-order valence-corrected chi connectivity index (χ0v) is 13.1. The summed E-state index contributed by atoms with van der Waals surface area (Å²) < 4.78 is 5.24. The summed E-state index contributed by atoms with van der Waals surface area (Å²) in [6, 6.07) is 0. The van der Waals surface area contributed by atoms with Crippen LogP contribution in [0.15, 0.2) is 12.2 Å². The van der Waals surface area contributed by atoms with Gasteiger partial charge in [-0.3, -0.25) is 9.59 Å². The van der Waals surface area contributed by atoms with Crippen LogP contribution in [0.3, 0.4) is 0 Å². The van der Waals surface area contributed by atoms with Crippen LogP contribution in [0.4, 0.5) is 0 Å². The molecule has 0 aromatic carbocycles. The number of carbonyl (C=O) groups is 3. The van der Waals surface area contributed by atoms with E-state index in [2.05, 4.69) is 6.58 Å². The molecular weight excluding hydrogens is 303 g/mol. The summed E-state index contributed by atoms with van der Waals surface area (Å²) >= 11 is 11.4. The molecule has 1 fully saturated rings. The number of carbonyl (C=O) groups excluding carboxylic acids is 3. The number of hydrogen-bond donors (Lipinski definition) is 0. The summed E-state index contributed by atoms with van der Waals surface area (Å²) in [5.41, 5.74) is -1.03. The lowest BCUT2D eigenvalue weighted by molar-refractivity contribution is -0.161. The average molecular weight is 321 g/mol. The fourth-order valence-corrected chi connectivity index (χ4v) is 3.45. The average Bonchev–Trinajstić information content (AvgIpc) is 2.37. The van der Waals surface area contributed by atoms with Crippen molar-refractivity contribution in [3.8, 4) is 0 Å². The van der Waals surface area contributed by atoms with E-state index in [4.69, 9.17) is 27.9 Å². The number of rotatable bonds is 5. The number of hydrogen-bond acceptors (Lipinski definition) is 4. The Labute approximate surface area is 128 Å². The molecule has 6 heteroatoms. The van der Waals surface area contributed by atoms with Crippen LogP contribution in [0, 0.1) is 11.3 Å². The molecule has 0 spiro atoms. The molecular formula is C14H18Cl2O4. The van der Waals surface area contributed by atoms with E-state index in [0.29, 0.717) is 12.8 Å². The highest BCUT2D eigenvalue weighted by Crippen LogP contribution is 2.47. The van der Waals surface area contributed by atoms with E-state index in [1.807, 2.05) is 0 Å². The first-order valence-electron chi connectivity index (χ1n) is 6.49. The molecule has 0 aromatic heterocycles. The molecule has 0 heterocycles. The second-order valence-corrected chi connectivity index (χ2v) is 5.96. The molecule has 1 aliphatic carbocycles. The Morgan fingerprint density at radius 1 is 1.30 bits per heavy atom. The Kier molecular flexibility index (Phi) is 5.78. The molecule has 112 valence electrons. The molecule has 0 saturated heterocycles. The lowest BCUT2D eigenvalue weighted by atomic mass is 9.64. The van der Waals surface area contributed by atoms with Crippen molar-refractivity contribution >= 4 is 39.7 Å². The van der Waals surface area contributed by atoms with E-state index in [0.717, 1.165) is 12.8 Å². The lowest BCUT2D eigenvalue weighted by Gasteiger charge is -2.42. The third-order valence-electron chi connectivity index (χ3n) is 3.95. The standard InChI is InChI=1S/C14H18Cl2O4/c1-8(2)12(18)20-9(3)14(13(16)19)7-5-4-6-10(14)11(15)17/h9-10H,1,4-7H2,2-3H3. The zero-order valence-electron chi connectivity index (χ0n) is 11.6. The quantitative estimate of drug-likeness (QED) is 0.443.